The lowest BCUT2D eigenvalue weighted by molar-refractivity contribution is -0.141. The average Bonchev–Trinajstić information content (AvgIpc) is 3.16. The van der Waals surface area contributed by atoms with Crippen molar-refractivity contribution in [3.63, 3.8) is 0 Å². The smallest absolute Gasteiger partial charge is 0.328 e. The van der Waals surface area contributed by atoms with Crippen molar-refractivity contribution < 1.29 is 9.53 Å². The minimum atomic E-state index is -0.231. The first kappa shape index (κ1) is 18.7. The van der Waals surface area contributed by atoms with E-state index in [9.17, 15) is 9.59 Å². The first-order chi connectivity index (χ1) is 13.0. The highest BCUT2D eigenvalue weighted by molar-refractivity contribution is 5.82. The van der Waals surface area contributed by atoms with E-state index in [0.717, 1.165) is 24.9 Å². The quantitative estimate of drug-likeness (QED) is 0.501. The van der Waals surface area contributed by atoms with Crippen molar-refractivity contribution in [3.8, 4) is 0 Å². The van der Waals surface area contributed by atoms with Crippen LogP contribution in [-0.2, 0) is 22.5 Å². The number of hydrogen-bond donors (Lipinski definition) is 3. The number of methoxy groups -OCH3 is 1. The van der Waals surface area contributed by atoms with E-state index in [-0.39, 0.29) is 11.7 Å². The molecule has 3 aromatic rings. The molecule has 0 fully saturated rings. The molecule has 144 valence electrons. The number of likely N-dealkylation sites (N-methyl/N-ethyl adjacent to an activating group) is 1. The fourth-order valence-corrected chi connectivity index (χ4v) is 2.99. The zero-order valence-electron chi connectivity index (χ0n) is 15.5. The van der Waals surface area contributed by atoms with Crippen molar-refractivity contribution in [2.24, 2.45) is 0 Å². The zero-order valence-corrected chi connectivity index (χ0v) is 15.5. The summed E-state index contributed by atoms with van der Waals surface area (Å²) in [4.78, 5) is 28.0. The number of benzene rings is 1. The number of carbonyl (C=O) groups excluding carboxylic acids is 1. The van der Waals surface area contributed by atoms with Crippen molar-refractivity contribution in [1.82, 2.24) is 24.6 Å². The van der Waals surface area contributed by atoms with Crippen molar-refractivity contribution >= 4 is 23.0 Å². The molecule has 0 unspecified atom stereocenters. The Hall–Kier alpha value is -3.07. The molecule has 0 amide bonds. The number of nitrogen functional groups attached to an aromatic ring is 1. The van der Waals surface area contributed by atoms with E-state index in [4.69, 9.17) is 5.73 Å². The van der Waals surface area contributed by atoms with E-state index in [1.165, 1.54) is 12.7 Å². The summed E-state index contributed by atoms with van der Waals surface area (Å²) in [6.07, 6.45) is 1.85. The first-order valence-electron chi connectivity index (χ1n) is 8.73. The third kappa shape index (κ3) is 4.37. The average molecular weight is 372 g/mol. The Morgan fingerprint density at radius 3 is 2.70 bits per heavy atom. The molecule has 27 heavy (non-hydrogen) atoms. The summed E-state index contributed by atoms with van der Waals surface area (Å²) in [5.41, 5.74) is 8.79. The molecule has 9 heteroatoms. The summed E-state index contributed by atoms with van der Waals surface area (Å²) in [7, 11) is 3.29. The number of carbonyl (C=O) groups is 1. The van der Waals surface area contributed by atoms with Crippen molar-refractivity contribution in [1.29, 1.82) is 0 Å². The van der Waals surface area contributed by atoms with Gasteiger partial charge >= 0.3 is 11.7 Å². The Morgan fingerprint density at radius 2 is 2.00 bits per heavy atom. The largest absolute Gasteiger partial charge is 0.468 e. The Morgan fingerprint density at radius 1 is 1.30 bits per heavy atom. The number of H-pyrrole nitrogens is 2. The SMILES string of the molecule is COC(=O)CN(C)CCCc1ccc(Cn2c(=O)[nH]c3c(N)[nH]nc32)cc1. The maximum Gasteiger partial charge on any atom is 0.328 e. The van der Waals surface area contributed by atoms with Gasteiger partial charge in [0.25, 0.3) is 0 Å². The Bertz CT molecular complexity index is 969. The normalized spacial score (nSPS) is 11.4. The molecule has 0 saturated heterocycles. The second-order valence-corrected chi connectivity index (χ2v) is 6.59. The number of nitrogens with two attached hydrogens (primary N) is 1. The molecule has 9 nitrogen and oxygen atoms in total. The molecular formula is C18H24N6O3. The monoisotopic (exact) mass is 372 g/mol. The van der Waals surface area contributed by atoms with Crippen LogP contribution in [0.4, 0.5) is 5.82 Å². The van der Waals surface area contributed by atoms with E-state index < -0.39 is 0 Å². The van der Waals surface area contributed by atoms with Gasteiger partial charge in [-0.25, -0.2) is 4.79 Å². The van der Waals surface area contributed by atoms with Gasteiger partial charge in [-0.3, -0.25) is 19.4 Å². The lowest BCUT2D eigenvalue weighted by atomic mass is 10.1. The molecule has 2 heterocycles. The lowest BCUT2D eigenvalue weighted by Crippen LogP contribution is -2.27. The number of esters is 1. The molecule has 2 aromatic heterocycles. The van der Waals surface area contributed by atoms with Crippen molar-refractivity contribution in [2.75, 3.05) is 33.0 Å². The number of nitrogens with one attached hydrogen (secondary N) is 2. The summed E-state index contributed by atoms with van der Waals surface area (Å²) in [5, 5.41) is 6.75. The van der Waals surface area contributed by atoms with Crippen molar-refractivity contribution in [3.05, 3.63) is 45.9 Å². The van der Waals surface area contributed by atoms with Gasteiger partial charge < -0.3 is 15.5 Å². The molecule has 0 spiro atoms. The third-order valence-corrected chi connectivity index (χ3v) is 4.50. The number of hydrogen-bond acceptors (Lipinski definition) is 6. The highest BCUT2D eigenvalue weighted by Gasteiger charge is 2.12. The number of aromatic amines is 2. The third-order valence-electron chi connectivity index (χ3n) is 4.50. The molecule has 0 aliphatic rings. The van der Waals surface area contributed by atoms with Crippen LogP contribution in [0, 0.1) is 0 Å². The lowest BCUT2D eigenvalue weighted by Gasteiger charge is -2.14. The molecule has 0 radical (unpaired) electrons. The second kappa shape index (κ2) is 8.09. The second-order valence-electron chi connectivity index (χ2n) is 6.59. The number of anilines is 1. The van der Waals surface area contributed by atoms with Crippen LogP contribution in [0.1, 0.15) is 17.5 Å². The van der Waals surface area contributed by atoms with Gasteiger partial charge in [0.1, 0.15) is 11.3 Å². The number of fused-ring (bicyclic) bond motifs is 1. The summed E-state index contributed by atoms with van der Waals surface area (Å²) in [6.45, 7) is 1.53. The fraction of sp³-hybridized carbons (Fsp3) is 0.389. The minimum absolute atomic E-state index is 0.227. The minimum Gasteiger partial charge on any atom is -0.468 e. The van der Waals surface area contributed by atoms with Gasteiger partial charge in [0, 0.05) is 0 Å². The van der Waals surface area contributed by atoms with E-state index in [1.54, 1.807) is 4.57 Å². The number of rotatable bonds is 8. The van der Waals surface area contributed by atoms with Gasteiger partial charge in [-0.05, 0) is 37.6 Å². The topological polar surface area (TPSA) is 122 Å². The van der Waals surface area contributed by atoms with Crippen LogP contribution >= 0.6 is 0 Å². The van der Waals surface area contributed by atoms with Gasteiger partial charge in [0.15, 0.2) is 5.65 Å². The Labute approximate surface area is 156 Å². The number of imidazole rings is 1. The summed E-state index contributed by atoms with van der Waals surface area (Å²) < 4.78 is 6.21. The number of nitrogens with zero attached hydrogens (tertiary/aromatic N) is 3. The van der Waals surface area contributed by atoms with Gasteiger partial charge in [-0.1, -0.05) is 24.3 Å². The maximum absolute atomic E-state index is 12.1. The first-order valence-corrected chi connectivity index (χ1v) is 8.73. The van der Waals surface area contributed by atoms with E-state index in [0.29, 0.717) is 30.1 Å². The highest BCUT2D eigenvalue weighted by atomic mass is 16.5. The molecule has 4 N–H and O–H groups in total. The molecule has 0 bridgehead atoms. The number of ether oxygens (including phenoxy) is 1. The van der Waals surface area contributed by atoms with Crippen LogP contribution in [-0.4, -0.2) is 57.9 Å². The van der Waals surface area contributed by atoms with Gasteiger partial charge in [0.05, 0.1) is 20.2 Å². The standard InChI is InChI=1S/C18H24N6O3/c1-23(11-14(25)27-2)9-3-4-12-5-7-13(8-6-12)10-24-17-15(20-18(24)26)16(19)21-22-17/h5-8H,3-4,9-11H2,1-2H3,(H,20,26)(H3,19,21,22). The summed E-state index contributed by atoms with van der Waals surface area (Å²) in [5.74, 6) is 0.128. The van der Waals surface area contributed by atoms with Crippen LogP contribution in [0.3, 0.4) is 0 Å². The fourth-order valence-electron chi connectivity index (χ4n) is 2.99. The van der Waals surface area contributed by atoms with Crippen LogP contribution in [0.15, 0.2) is 29.1 Å². The number of aromatic nitrogens is 4. The van der Waals surface area contributed by atoms with Crippen LogP contribution < -0.4 is 11.4 Å². The molecular weight excluding hydrogens is 348 g/mol. The van der Waals surface area contributed by atoms with Gasteiger partial charge in [0.2, 0.25) is 0 Å². The Kier molecular flexibility index (Phi) is 5.60. The molecule has 1 aromatic carbocycles. The van der Waals surface area contributed by atoms with E-state index in [2.05, 4.69) is 32.1 Å². The van der Waals surface area contributed by atoms with Gasteiger partial charge in [-0.15, -0.1) is 0 Å². The van der Waals surface area contributed by atoms with E-state index >= 15 is 0 Å². The molecule has 3 rings (SSSR count). The van der Waals surface area contributed by atoms with Crippen molar-refractivity contribution in [2.45, 2.75) is 19.4 Å². The van der Waals surface area contributed by atoms with Crippen LogP contribution in [0.5, 0.6) is 0 Å². The predicted octanol–water partition coefficient (Wildman–Crippen LogP) is 0.721. The summed E-state index contributed by atoms with van der Waals surface area (Å²) >= 11 is 0. The molecule has 0 atom stereocenters. The van der Waals surface area contributed by atoms with Crippen LogP contribution in [0.25, 0.3) is 11.2 Å². The van der Waals surface area contributed by atoms with E-state index in [1.807, 2.05) is 24.1 Å². The Balaban J connectivity index is 1.56. The zero-order chi connectivity index (χ0) is 19.4. The number of aryl methyl sites for hydroxylation is 1. The maximum atomic E-state index is 12.1. The summed E-state index contributed by atoms with van der Waals surface area (Å²) in [6, 6.07) is 8.14. The van der Waals surface area contributed by atoms with Crippen LogP contribution in [0.2, 0.25) is 0 Å². The molecule has 0 saturated carbocycles. The predicted molar refractivity (Wildman–Crippen MR) is 102 cm³/mol. The van der Waals surface area contributed by atoms with Gasteiger partial charge in [-0.2, -0.15) is 5.10 Å². The molecule has 0 aliphatic carbocycles. The highest BCUT2D eigenvalue weighted by Crippen LogP contribution is 2.15. The molecule has 0 aliphatic heterocycles.